The Labute approximate surface area is 164 Å². The molecule has 0 bridgehead atoms. The van der Waals surface area contributed by atoms with Crippen molar-refractivity contribution in [2.75, 3.05) is 5.32 Å². The van der Waals surface area contributed by atoms with Crippen LogP contribution < -0.4 is 5.32 Å². The van der Waals surface area contributed by atoms with Gasteiger partial charge in [0.05, 0.1) is 14.9 Å². The van der Waals surface area contributed by atoms with Crippen LogP contribution in [0.2, 0.25) is 4.34 Å². The van der Waals surface area contributed by atoms with Crippen LogP contribution in [0.1, 0.15) is 16.2 Å². The van der Waals surface area contributed by atoms with Gasteiger partial charge in [0.25, 0.3) is 5.91 Å². The van der Waals surface area contributed by atoms with Crippen LogP contribution in [0.5, 0.6) is 0 Å². The molecule has 4 rings (SSSR count). The van der Waals surface area contributed by atoms with Crippen LogP contribution in [-0.4, -0.2) is 30.3 Å². The Morgan fingerprint density at radius 1 is 1.21 bits per heavy atom. The molecule has 0 radical (unpaired) electrons. The zero-order chi connectivity index (χ0) is 20.1. The van der Waals surface area contributed by atoms with Gasteiger partial charge in [0.1, 0.15) is 0 Å². The third-order valence-electron chi connectivity index (χ3n) is 3.73. The van der Waals surface area contributed by atoms with Crippen molar-refractivity contribution in [3.63, 3.8) is 0 Å². The van der Waals surface area contributed by atoms with Gasteiger partial charge in [0, 0.05) is 25.4 Å². The number of anilines is 1. The number of aromatic nitrogens is 5. The summed E-state index contributed by atoms with van der Waals surface area (Å²) in [6, 6.07) is 6.76. The Balaban J connectivity index is 1.79. The molecule has 0 aliphatic rings. The molecule has 28 heavy (non-hydrogen) atoms. The Bertz CT molecular complexity index is 1190. The van der Waals surface area contributed by atoms with Gasteiger partial charge in [-0.15, -0.1) is 11.3 Å². The number of carbonyl (C=O) groups is 1. The lowest BCUT2D eigenvalue weighted by Crippen LogP contribution is -2.16. The second-order valence-electron chi connectivity index (χ2n) is 5.76. The largest absolute Gasteiger partial charge is 0.433 e. The van der Waals surface area contributed by atoms with Crippen LogP contribution in [-0.2, 0) is 13.2 Å². The highest BCUT2D eigenvalue weighted by molar-refractivity contribution is 7.19. The van der Waals surface area contributed by atoms with Crippen molar-refractivity contribution in [3.05, 3.63) is 52.3 Å². The predicted octanol–water partition coefficient (Wildman–Crippen LogP) is 4.12. The fourth-order valence-corrected chi connectivity index (χ4v) is 3.53. The van der Waals surface area contributed by atoms with Crippen molar-refractivity contribution in [2.24, 2.45) is 7.05 Å². The molecule has 144 valence electrons. The van der Waals surface area contributed by atoms with E-state index in [0.717, 1.165) is 17.4 Å². The highest BCUT2D eigenvalue weighted by Crippen LogP contribution is 2.35. The smallest absolute Gasteiger partial charge is 0.304 e. The van der Waals surface area contributed by atoms with Crippen LogP contribution in [0.4, 0.5) is 19.0 Å². The summed E-state index contributed by atoms with van der Waals surface area (Å²) in [5.74, 6) is -0.444. The number of hydrogen-bond acceptors (Lipinski definition) is 5. The highest BCUT2D eigenvalue weighted by Gasteiger charge is 2.35. The zero-order valence-corrected chi connectivity index (χ0v) is 15.6. The average molecular weight is 427 g/mol. The number of alkyl halides is 3. The minimum absolute atomic E-state index is 0.0910. The lowest BCUT2D eigenvalue weighted by atomic mass is 10.2. The first-order chi connectivity index (χ1) is 13.2. The van der Waals surface area contributed by atoms with Crippen molar-refractivity contribution in [2.45, 2.75) is 6.18 Å². The molecule has 0 saturated carbocycles. The summed E-state index contributed by atoms with van der Waals surface area (Å²) in [7, 11) is 1.67. The summed E-state index contributed by atoms with van der Waals surface area (Å²) in [6.45, 7) is 0. The Morgan fingerprint density at radius 2 is 2.00 bits per heavy atom. The van der Waals surface area contributed by atoms with Gasteiger partial charge < -0.3 is 5.32 Å². The molecule has 0 aliphatic heterocycles. The molecule has 0 aliphatic carbocycles. The molecule has 4 heterocycles. The van der Waals surface area contributed by atoms with Gasteiger partial charge in [-0.25, -0.2) is 9.50 Å². The van der Waals surface area contributed by atoms with Crippen molar-refractivity contribution >= 4 is 40.3 Å². The molecule has 12 heteroatoms. The van der Waals surface area contributed by atoms with Crippen LogP contribution in [0.3, 0.4) is 0 Å². The van der Waals surface area contributed by atoms with Gasteiger partial charge in [-0.2, -0.15) is 23.4 Å². The number of hydrogen-bond donors (Lipinski definition) is 1. The monoisotopic (exact) mass is 426 g/mol. The molecule has 0 unspecified atom stereocenters. The summed E-state index contributed by atoms with van der Waals surface area (Å²) in [5.41, 5.74) is -1.28. The summed E-state index contributed by atoms with van der Waals surface area (Å²) in [5, 5.41) is 10.2. The van der Waals surface area contributed by atoms with Crippen molar-refractivity contribution in [1.82, 2.24) is 24.4 Å². The second kappa shape index (κ2) is 6.60. The standard InChI is InChI=1S/C16H10ClF3N6OS/c1-25-5-4-13(24-25)22-15(27)9-7-14-21-8(10-2-3-12(17)28-10)6-11(16(18,19)20)26(14)23-9/h2-7H,1H3,(H,22,24,27). The molecule has 4 aromatic rings. The maximum absolute atomic E-state index is 13.6. The molecule has 0 saturated heterocycles. The van der Waals surface area contributed by atoms with E-state index in [0.29, 0.717) is 13.7 Å². The van der Waals surface area contributed by atoms with Crippen LogP contribution in [0.15, 0.2) is 36.5 Å². The van der Waals surface area contributed by atoms with E-state index < -0.39 is 17.8 Å². The van der Waals surface area contributed by atoms with E-state index in [4.69, 9.17) is 11.6 Å². The third-order valence-corrected chi connectivity index (χ3v) is 4.98. The SMILES string of the molecule is Cn1ccc(NC(=O)c2cc3nc(-c4ccc(Cl)s4)cc(C(F)(F)F)n3n2)n1. The second-order valence-corrected chi connectivity index (χ2v) is 7.47. The molecular weight excluding hydrogens is 417 g/mol. The number of nitrogens with one attached hydrogen (secondary N) is 1. The fourth-order valence-electron chi connectivity index (χ4n) is 2.53. The normalized spacial score (nSPS) is 11.9. The first-order valence-corrected chi connectivity index (χ1v) is 8.95. The fraction of sp³-hybridized carbons (Fsp3) is 0.125. The van der Waals surface area contributed by atoms with Crippen LogP contribution in [0.25, 0.3) is 16.2 Å². The van der Waals surface area contributed by atoms with Gasteiger partial charge in [0.2, 0.25) is 0 Å². The summed E-state index contributed by atoms with van der Waals surface area (Å²) >= 11 is 6.98. The van der Waals surface area contributed by atoms with E-state index in [1.165, 1.54) is 10.7 Å². The van der Waals surface area contributed by atoms with Gasteiger partial charge >= 0.3 is 6.18 Å². The number of nitrogens with zero attached hydrogens (tertiary/aromatic N) is 5. The zero-order valence-electron chi connectivity index (χ0n) is 14.0. The quantitative estimate of drug-likeness (QED) is 0.534. The molecule has 0 spiro atoms. The minimum Gasteiger partial charge on any atom is -0.304 e. The number of carbonyl (C=O) groups excluding carboxylic acids is 1. The summed E-state index contributed by atoms with van der Waals surface area (Å²) in [6.07, 6.45) is -3.08. The summed E-state index contributed by atoms with van der Waals surface area (Å²) < 4.78 is 43.2. The topological polar surface area (TPSA) is 77.1 Å². The van der Waals surface area contributed by atoms with Crippen molar-refractivity contribution < 1.29 is 18.0 Å². The summed E-state index contributed by atoms with van der Waals surface area (Å²) in [4.78, 5) is 17.0. The van der Waals surface area contributed by atoms with Gasteiger partial charge in [-0.05, 0) is 18.2 Å². The molecule has 4 aromatic heterocycles. The minimum atomic E-state index is -4.70. The van der Waals surface area contributed by atoms with Crippen molar-refractivity contribution in [1.29, 1.82) is 0 Å². The first-order valence-electron chi connectivity index (χ1n) is 7.75. The average Bonchev–Trinajstić information content (AvgIpc) is 3.32. The van der Waals surface area contributed by atoms with Crippen LogP contribution >= 0.6 is 22.9 Å². The van der Waals surface area contributed by atoms with Gasteiger partial charge in [-0.3, -0.25) is 9.48 Å². The van der Waals surface area contributed by atoms with E-state index >= 15 is 0 Å². The predicted molar refractivity (Wildman–Crippen MR) is 97.5 cm³/mol. The molecule has 0 aromatic carbocycles. The first kappa shape index (κ1) is 18.4. The lowest BCUT2D eigenvalue weighted by Gasteiger charge is -2.10. The number of rotatable bonds is 3. The number of halogens is 4. The number of fused-ring (bicyclic) bond motifs is 1. The van der Waals surface area contributed by atoms with E-state index in [1.54, 1.807) is 31.4 Å². The Kier molecular flexibility index (Phi) is 4.35. The van der Waals surface area contributed by atoms with E-state index in [-0.39, 0.29) is 22.9 Å². The number of thiophene rings is 1. The van der Waals surface area contributed by atoms with Gasteiger partial charge in [-0.1, -0.05) is 11.6 Å². The third kappa shape index (κ3) is 3.45. The number of aryl methyl sites for hydroxylation is 1. The molecule has 1 amide bonds. The molecule has 7 nitrogen and oxygen atoms in total. The molecule has 0 fully saturated rings. The van der Waals surface area contributed by atoms with E-state index in [1.807, 2.05) is 0 Å². The maximum Gasteiger partial charge on any atom is 0.433 e. The van der Waals surface area contributed by atoms with E-state index in [2.05, 4.69) is 20.5 Å². The Morgan fingerprint density at radius 3 is 2.61 bits per heavy atom. The molecule has 0 atom stereocenters. The lowest BCUT2D eigenvalue weighted by molar-refractivity contribution is -0.142. The van der Waals surface area contributed by atoms with Crippen molar-refractivity contribution in [3.8, 4) is 10.6 Å². The van der Waals surface area contributed by atoms with Gasteiger partial charge in [0.15, 0.2) is 22.9 Å². The number of amides is 1. The maximum atomic E-state index is 13.6. The highest BCUT2D eigenvalue weighted by atomic mass is 35.5. The molecule has 1 N–H and O–H groups in total. The molecular formula is C16H10ClF3N6OS. The van der Waals surface area contributed by atoms with Crippen LogP contribution in [0, 0.1) is 0 Å². The Hall–Kier alpha value is -2.92. The van der Waals surface area contributed by atoms with E-state index in [9.17, 15) is 18.0 Å².